The lowest BCUT2D eigenvalue weighted by molar-refractivity contribution is 0.420. The van der Waals surface area contributed by atoms with E-state index in [0.29, 0.717) is 4.64 Å². The highest BCUT2D eigenvalue weighted by Crippen LogP contribution is 2.40. The van der Waals surface area contributed by atoms with Crippen LogP contribution in [0.4, 0.5) is 0 Å². The van der Waals surface area contributed by atoms with Gasteiger partial charge in [-0.05, 0) is 36.0 Å². The first-order valence-corrected chi connectivity index (χ1v) is 6.39. The van der Waals surface area contributed by atoms with Crippen molar-refractivity contribution < 1.29 is 0 Å². The number of aromatic amines is 1. The Morgan fingerprint density at radius 1 is 1.24 bits per heavy atom. The van der Waals surface area contributed by atoms with E-state index in [2.05, 4.69) is 34.5 Å². The van der Waals surface area contributed by atoms with E-state index in [4.69, 9.17) is 12.2 Å². The zero-order valence-corrected chi connectivity index (χ0v) is 10.3. The van der Waals surface area contributed by atoms with Crippen LogP contribution in [-0.2, 0) is 0 Å². The number of rotatable bonds is 2. The van der Waals surface area contributed by atoms with Gasteiger partial charge in [0.15, 0.2) is 0 Å². The molecule has 1 aliphatic carbocycles. The molecule has 0 spiro atoms. The molecule has 1 aromatic heterocycles. The molecular formula is C14H14N2S. The SMILES string of the molecule is S=c1cc(-c2ccccc2C2CCC2)cn[nH]1. The summed E-state index contributed by atoms with van der Waals surface area (Å²) in [7, 11) is 0. The molecule has 0 aliphatic heterocycles. The Morgan fingerprint density at radius 3 is 2.76 bits per heavy atom. The second-order valence-corrected chi connectivity index (χ2v) is 4.99. The van der Waals surface area contributed by atoms with Gasteiger partial charge < -0.3 is 0 Å². The average molecular weight is 242 g/mol. The van der Waals surface area contributed by atoms with Crippen LogP contribution in [0.5, 0.6) is 0 Å². The van der Waals surface area contributed by atoms with Gasteiger partial charge in [0.1, 0.15) is 4.64 Å². The smallest absolute Gasteiger partial charge is 0.120 e. The quantitative estimate of drug-likeness (QED) is 0.804. The van der Waals surface area contributed by atoms with Gasteiger partial charge in [-0.3, -0.25) is 5.10 Å². The van der Waals surface area contributed by atoms with E-state index < -0.39 is 0 Å². The van der Waals surface area contributed by atoms with Gasteiger partial charge in [0.2, 0.25) is 0 Å². The van der Waals surface area contributed by atoms with Crippen molar-refractivity contribution in [3.8, 4) is 11.1 Å². The minimum absolute atomic E-state index is 0.686. The maximum Gasteiger partial charge on any atom is 0.120 e. The molecule has 1 aliphatic rings. The lowest BCUT2D eigenvalue weighted by Gasteiger charge is -2.27. The Hall–Kier alpha value is -1.48. The highest BCUT2D eigenvalue weighted by molar-refractivity contribution is 7.71. The van der Waals surface area contributed by atoms with Crippen molar-refractivity contribution in [1.29, 1.82) is 0 Å². The molecule has 1 fully saturated rings. The van der Waals surface area contributed by atoms with Gasteiger partial charge in [0.25, 0.3) is 0 Å². The van der Waals surface area contributed by atoms with Gasteiger partial charge in [-0.1, -0.05) is 42.9 Å². The summed E-state index contributed by atoms with van der Waals surface area (Å²) in [5, 5.41) is 6.86. The zero-order chi connectivity index (χ0) is 11.7. The fraction of sp³-hybridized carbons (Fsp3) is 0.286. The van der Waals surface area contributed by atoms with Gasteiger partial charge in [0, 0.05) is 5.56 Å². The number of hydrogen-bond donors (Lipinski definition) is 1. The summed E-state index contributed by atoms with van der Waals surface area (Å²) in [5.74, 6) is 0.726. The predicted molar refractivity (Wildman–Crippen MR) is 71.4 cm³/mol. The Balaban J connectivity index is 2.10. The minimum Gasteiger partial charge on any atom is -0.268 e. The standard InChI is InChI=1S/C14H14N2S/c17-14-8-11(9-15-16-14)13-7-2-1-6-12(13)10-4-3-5-10/h1-2,6-10H,3-5H2,(H,16,17). The molecule has 0 saturated heterocycles. The van der Waals surface area contributed by atoms with Crippen LogP contribution in [0.25, 0.3) is 11.1 Å². The normalized spacial score (nSPS) is 15.5. The summed E-state index contributed by atoms with van der Waals surface area (Å²) in [5.41, 5.74) is 3.85. The molecule has 3 heteroatoms. The highest BCUT2D eigenvalue weighted by atomic mass is 32.1. The van der Waals surface area contributed by atoms with E-state index in [1.165, 1.54) is 30.4 Å². The first kappa shape index (κ1) is 10.7. The average Bonchev–Trinajstić information content (AvgIpc) is 2.27. The molecule has 1 aromatic carbocycles. The lowest BCUT2D eigenvalue weighted by Crippen LogP contribution is -2.09. The molecule has 0 unspecified atom stereocenters. The van der Waals surface area contributed by atoms with Crippen molar-refractivity contribution in [2.75, 3.05) is 0 Å². The molecule has 0 radical (unpaired) electrons. The van der Waals surface area contributed by atoms with Gasteiger partial charge >= 0.3 is 0 Å². The summed E-state index contributed by atoms with van der Waals surface area (Å²) in [6.45, 7) is 0. The number of H-pyrrole nitrogens is 1. The maximum atomic E-state index is 5.13. The van der Waals surface area contributed by atoms with E-state index >= 15 is 0 Å². The molecule has 1 N–H and O–H groups in total. The molecule has 0 bridgehead atoms. The number of hydrogen-bond acceptors (Lipinski definition) is 2. The molecule has 1 saturated carbocycles. The summed E-state index contributed by atoms with van der Waals surface area (Å²) in [6.07, 6.45) is 5.83. The molecule has 17 heavy (non-hydrogen) atoms. The van der Waals surface area contributed by atoms with Gasteiger partial charge in [0.05, 0.1) is 6.20 Å². The molecule has 2 nitrogen and oxygen atoms in total. The third-order valence-electron chi connectivity index (χ3n) is 3.48. The topological polar surface area (TPSA) is 28.7 Å². The van der Waals surface area contributed by atoms with Crippen LogP contribution in [0.2, 0.25) is 0 Å². The van der Waals surface area contributed by atoms with Gasteiger partial charge in [-0.15, -0.1) is 0 Å². The second-order valence-electron chi connectivity index (χ2n) is 4.55. The van der Waals surface area contributed by atoms with Crippen molar-refractivity contribution in [3.05, 3.63) is 46.7 Å². The lowest BCUT2D eigenvalue weighted by atomic mass is 9.77. The molecular weight excluding hydrogens is 228 g/mol. The fourth-order valence-corrected chi connectivity index (χ4v) is 2.54. The minimum atomic E-state index is 0.686. The highest BCUT2D eigenvalue weighted by Gasteiger charge is 2.22. The molecule has 0 atom stereocenters. The Morgan fingerprint density at radius 2 is 2.06 bits per heavy atom. The summed E-state index contributed by atoms with van der Waals surface area (Å²) >= 11 is 5.13. The van der Waals surface area contributed by atoms with Crippen LogP contribution in [0.1, 0.15) is 30.7 Å². The third-order valence-corrected chi connectivity index (χ3v) is 3.69. The van der Waals surface area contributed by atoms with Crippen molar-refractivity contribution >= 4 is 12.2 Å². The van der Waals surface area contributed by atoms with Crippen molar-refractivity contribution in [2.45, 2.75) is 25.2 Å². The first-order chi connectivity index (χ1) is 8.34. The Kier molecular flexibility index (Phi) is 2.77. The van der Waals surface area contributed by atoms with Crippen LogP contribution >= 0.6 is 12.2 Å². The van der Waals surface area contributed by atoms with E-state index in [1.54, 1.807) is 0 Å². The van der Waals surface area contributed by atoms with E-state index in [1.807, 2.05) is 12.3 Å². The molecule has 86 valence electrons. The largest absolute Gasteiger partial charge is 0.268 e. The number of benzene rings is 1. The molecule has 2 aromatic rings. The first-order valence-electron chi connectivity index (χ1n) is 5.98. The van der Waals surface area contributed by atoms with Gasteiger partial charge in [-0.25, -0.2) is 0 Å². The summed E-state index contributed by atoms with van der Waals surface area (Å²) in [4.78, 5) is 0. The Labute approximate surface area is 106 Å². The number of nitrogens with one attached hydrogen (secondary N) is 1. The predicted octanol–water partition coefficient (Wildman–Crippen LogP) is 4.07. The van der Waals surface area contributed by atoms with E-state index in [9.17, 15) is 0 Å². The van der Waals surface area contributed by atoms with Crippen molar-refractivity contribution in [3.63, 3.8) is 0 Å². The summed E-state index contributed by atoms with van der Waals surface area (Å²) in [6, 6.07) is 10.6. The van der Waals surface area contributed by atoms with Gasteiger partial charge in [-0.2, -0.15) is 5.10 Å². The van der Waals surface area contributed by atoms with Crippen LogP contribution in [0.15, 0.2) is 36.5 Å². The monoisotopic (exact) mass is 242 g/mol. The molecule has 1 heterocycles. The third kappa shape index (κ3) is 2.03. The van der Waals surface area contributed by atoms with Crippen molar-refractivity contribution in [1.82, 2.24) is 10.2 Å². The summed E-state index contributed by atoms with van der Waals surface area (Å²) < 4.78 is 0.686. The molecule has 3 rings (SSSR count). The second kappa shape index (κ2) is 4.41. The van der Waals surface area contributed by atoms with E-state index in [-0.39, 0.29) is 0 Å². The zero-order valence-electron chi connectivity index (χ0n) is 9.52. The molecule has 0 amide bonds. The van der Waals surface area contributed by atoms with Crippen LogP contribution in [0, 0.1) is 4.64 Å². The van der Waals surface area contributed by atoms with E-state index in [0.717, 1.165) is 11.5 Å². The number of aromatic nitrogens is 2. The van der Waals surface area contributed by atoms with Crippen LogP contribution < -0.4 is 0 Å². The van der Waals surface area contributed by atoms with Crippen LogP contribution in [0.3, 0.4) is 0 Å². The number of nitrogens with zero attached hydrogens (tertiary/aromatic N) is 1. The Bertz CT molecular complexity index is 585. The maximum absolute atomic E-state index is 5.13. The van der Waals surface area contributed by atoms with Crippen LogP contribution in [-0.4, -0.2) is 10.2 Å². The van der Waals surface area contributed by atoms with Crippen molar-refractivity contribution in [2.24, 2.45) is 0 Å². The fourth-order valence-electron chi connectivity index (χ4n) is 2.36.